The molecule has 3 aliphatic carbocycles. The van der Waals surface area contributed by atoms with E-state index in [1.54, 1.807) is 0 Å². The minimum atomic E-state index is -0.579. The summed E-state index contributed by atoms with van der Waals surface area (Å²) in [7, 11) is 0. The van der Waals surface area contributed by atoms with Crippen molar-refractivity contribution in [3.63, 3.8) is 0 Å². The van der Waals surface area contributed by atoms with E-state index in [0.717, 1.165) is 50.1 Å². The first-order valence-corrected chi connectivity index (χ1v) is 27.6. The number of rotatable bonds is 7. The Morgan fingerprint density at radius 3 is 1.30 bits per heavy atom. The maximum absolute atomic E-state index is 6.21. The molecular formula is C77H53NO. The lowest BCUT2D eigenvalue weighted by atomic mass is 9.51. The van der Waals surface area contributed by atoms with Crippen LogP contribution in [0.15, 0.2) is 290 Å². The highest BCUT2D eigenvalue weighted by atomic mass is 16.3. The Bertz CT molecular complexity index is 4470. The number of furan rings is 1. The fourth-order valence-corrected chi connectivity index (χ4v) is 14.6. The van der Waals surface area contributed by atoms with Gasteiger partial charge in [0.05, 0.1) is 10.8 Å². The molecule has 0 aliphatic heterocycles. The number of fused-ring (bicyclic) bond motifs is 15. The second kappa shape index (κ2) is 17.1. The number of nitrogens with zero attached hydrogens (tertiary/aromatic N) is 1. The zero-order valence-electron chi connectivity index (χ0n) is 44.0. The van der Waals surface area contributed by atoms with Crippen LogP contribution in [0.4, 0.5) is 17.1 Å². The predicted octanol–water partition coefficient (Wildman–Crippen LogP) is 19.8. The van der Waals surface area contributed by atoms with Gasteiger partial charge in [-0.1, -0.05) is 238 Å². The highest BCUT2D eigenvalue weighted by molar-refractivity contribution is 6.06. The quantitative estimate of drug-likeness (QED) is 0.158. The third-order valence-corrected chi connectivity index (χ3v) is 18.0. The van der Waals surface area contributed by atoms with E-state index in [9.17, 15) is 0 Å². The molecular weight excluding hydrogens is 955 g/mol. The summed E-state index contributed by atoms with van der Waals surface area (Å²) in [4.78, 5) is 2.43. The Hall–Kier alpha value is -9.76. The number of para-hydroxylation sites is 1. The van der Waals surface area contributed by atoms with Crippen LogP contribution >= 0.6 is 0 Å². The minimum Gasteiger partial charge on any atom is -0.456 e. The van der Waals surface area contributed by atoms with E-state index in [4.69, 9.17) is 4.42 Å². The zero-order chi connectivity index (χ0) is 52.5. The van der Waals surface area contributed by atoms with Crippen LogP contribution in [0, 0.1) is 0 Å². The van der Waals surface area contributed by atoms with Crippen molar-refractivity contribution in [1.82, 2.24) is 0 Å². The van der Waals surface area contributed by atoms with Gasteiger partial charge in [0.1, 0.15) is 11.2 Å². The lowest BCUT2D eigenvalue weighted by molar-refractivity contribution is 0.624. The summed E-state index contributed by atoms with van der Waals surface area (Å²) in [5, 5.41) is 2.26. The first kappa shape index (κ1) is 45.4. The van der Waals surface area contributed by atoms with Gasteiger partial charge in [-0.25, -0.2) is 0 Å². The lowest BCUT2D eigenvalue weighted by Crippen LogP contribution is -2.44. The van der Waals surface area contributed by atoms with E-state index in [0.29, 0.717) is 0 Å². The van der Waals surface area contributed by atoms with Crippen molar-refractivity contribution in [2.75, 3.05) is 4.90 Å². The number of hydrogen-bond acceptors (Lipinski definition) is 2. The molecule has 372 valence electrons. The van der Waals surface area contributed by atoms with Gasteiger partial charge in [0.15, 0.2) is 0 Å². The smallest absolute Gasteiger partial charge is 0.135 e. The molecule has 2 heteroatoms. The summed E-state index contributed by atoms with van der Waals surface area (Å²) in [5.41, 5.74) is 26.8. The van der Waals surface area contributed by atoms with Gasteiger partial charge in [-0.2, -0.15) is 0 Å². The Balaban J connectivity index is 0.840. The van der Waals surface area contributed by atoms with Crippen molar-refractivity contribution < 1.29 is 4.42 Å². The molecule has 0 fully saturated rings. The van der Waals surface area contributed by atoms with Crippen molar-refractivity contribution in [3.8, 4) is 44.5 Å². The normalized spacial score (nSPS) is 14.5. The van der Waals surface area contributed by atoms with Crippen molar-refractivity contribution in [2.45, 2.75) is 30.1 Å². The fraction of sp³-hybridized carbons (Fsp3) is 0.0649. The summed E-state index contributed by atoms with van der Waals surface area (Å²) in [6.07, 6.45) is 0. The molecule has 1 heterocycles. The molecule has 1 aromatic heterocycles. The van der Waals surface area contributed by atoms with E-state index in [2.05, 4.69) is 292 Å². The number of hydrogen-bond donors (Lipinski definition) is 0. The Morgan fingerprint density at radius 1 is 0.266 bits per heavy atom. The van der Waals surface area contributed by atoms with Crippen LogP contribution in [0.3, 0.4) is 0 Å². The molecule has 0 bridgehead atoms. The van der Waals surface area contributed by atoms with Gasteiger partial charge < -0.3 is 9.32 Å². The van der Waals surface area contributed by atoms with Gasteiger partial charge >= 0.3 is 0 Å². The second-order valence-corrected chi connectivity index (χ2v) is 22.3. The first-order valence-electron chi connectivity index (χ1n) is 27.6. The molecule has 0 unspecified atom stereocenters. The largest absolute Gasteiger partial charge is 0.456 e. The maximum Gasteiger partial charge on any atom is 0.135 e. The highest BCUT2D eigenvalue weighted by Gasteiger charge is 2.56. The molecule has 13 aromatic rings. The van der Waals surface area contributed by atoms with Crippen LogP contribution in [0.25, 0.3) is 66.4 Å². The summed E-state index contributed by atoms with van der Waals surface area (Å²) in [5.74, 6) is 0. The number of benzene rings is 12. The SMILES string of the molecule is CC1(C)c2ccccc2-c2ccc(N(c3ccc(-c4ccc5c(c4)C4(c6ccccc6-5)c5ccccc5C(c5ccccc5)(c5ccccc5)c5ccccc54)cc3)c3ccc(-c4ccc5oc6ccccc6c5c4)cc3)cc21. The van der Waals surface area contributed by atoms with E-state index in [-0.39, 0.29) is 5.41 Å². The molecule has 0 saturated carbocycles. The lowest BCUT2D eigenvalue weighted by Gasteiger charge is -2.50. The summed E-state index contributed by atoms with van der Waals surface area (Å²) in [6.45, 7) is 4.73. The molecule has 0 atom stereocenters. The van der Waals surface area contributed by atoms with Crippen LogP contribution < -0.4 is 4.90 Å². The number of anilines is 3. The van der Waals surface area contributed by atoms with Gasteiger partial charge in [-0.15, -0.1) is 0 Å². The molecule has 79 heavy (non-hydrogen) atoms. The topological polar surface area (TPSA) is 16.4 Å². The third kappa shape index (κ3) is 6.40. The average molecular weight is 1010 g/mol. The molecule has 0 saturated heterocycles. The fourth-order valence-electron chi connectivity index (χ4n) is 14.6. The van der Waals surface area contributed by atoms with Crippen molar-refractivity contribution in [3.05, 3.63) is 341 Å². The molecule has 16 rings (SSSR count). The first-order chi connectivity index (χ1) is 38.9. The predicted molar refractivity (Wildman–Crippen MR) is 326 cm³/mol. The van der Waals surface area contributed by atoms with Gasteiger partial charge in [0.25, 0.3) is 0 Å². The summed E-state index contributed by atoms with van der Waals surface area (Å²) >= 11 is 0. The molecule has 0 N–H and O–H groups in total. The van der Waals surface area contributed by atoms with Gasteiger partial charge in [0, 0.05) is 33.2 Å². The van der Waals surface area contributed by atoms with Crippen molar-refractivity contribution >= 4 is 39.0 Å². The maximum atomic E-state index is 6.21. The highest BCUT2D eigenvalue weighted by Crippen LogP contribution is 2.65. The Labute approximate surface area is 461 Å². The van der Waals surface area contributed by atoms with Crippen LogP contribution in [-0.4, -0.2) is 0 Å². The summed E-state index contributed by atoms with van der Waals surface area (Å²) in [6, 6.07) is 106. The molecule has 3 aliphatic rings. The van der Waals surface area contributed by atoms with Crippen molar-refractivity contribution in [1.29, 1.82) is 0 Å². The molecule has 1 spiro atoms. The average Bonchev–Trinajstić information content (AvgIpc) is 4.29. The molecule has 0 amide bonds. The van der Waals surface area contributed by atoms with Gasteiger partial charge in [-0.05, 0) is 161 Å². The van der Waals surface area contributed by atoms with E-state index in [1.807, 2.05) is 12.1 Å². The summed E-state index contributed by atoms with van der Waals surface area (Å²) < 4.78 is 6.21. The van der Waals surface area contributed by atoms with Crippen molar-refractivity contribution in [2.24, 2.45) is 0 Å². The molecule has 2 nitrogen and oxygen atoms in total. The minimum absolute atomic E-state index is 0.147. The van der Waals surface area contributed by atoms with E-state index >= 15 is 0 Å². The Morgan fingerprint density at radius 2 is 0.684 bits per heavy atom. The second-order valence-electron chi connectivity index (χ2n) is 22.3. The van der Waals surface area contributed by atoms with Crippen LogP contribution in [0.2, 0.25) is 0 Å². The molecule has 12 aromatic carbocycles. The van der Waals surface area contributed by atoms with Gasteiger partial charge in [-0.3, -0.25) is 0 Å². The molecule has 0 radical (unpaired) electrons. The standard InChI is InChI=1S/C77H53NO/c1-75(2)65-26-12-9-23-59(65)61-45-43-58(49-71(61)75)78(56-39-33-50(34-40-56)52-38-46-74-64(47-52)63-25-11-18-32-73(63)79-74)57-41-35-51(36-42-57)53-37-44-62-60-24-10-13-27-66(60)77(72(62)48-53)69-30-16-14-28-67(69)76(54-19-5-3-6-20-54,55-21-7-4-8-22-55)68-29-15-17-31-70(68)77/h3-49H,1-2H3. The zero-order valence-corrected chi connectivity index (χ0v) is 44.0. The Kier molecular flexibility index (Phi) is 9.85. The van der Waals surface area contributed by atoms with Crippen LogP contribution in [-0.2, 0) is 16.2 Å². The monoisotopic (exact) mass is 1010 g/mol. The van der Waals surface area contributed by atoms with Crippen LogP contribution in [0.1, 0.15) is 69.5 Å². The third-order valence-electron chi connectivity index (χ3n) is 18.0. The van der Waals surface area contributed by atoms with E-state index < -0.39 is 10.8 Å². The van der Waals surface area contributed by atoms with E-state index in [1.165, 1.54) is 89.0 Å². The van der Waals surface area contributed by atoms with Gasteiger partial charge in [0.2, 0.25) is 0 Å². The van der Waals surface area contributed by atoms with Crippen LogP contribution in [0.5, 0.6) is 0 Å².